The maximum absolute atomic E-state index is 11.9. The molecular weight excluding hydrogens is 294 g/mol. The van der Waals surface area contributed by atoms with Crippen LogP contribution in [0.3, 0.4) is 0 Å². The van der Waals surface area contributed by atoms with Crippen molar-refractivity contribution in [1.29, 1.82) is 0 Å². The molecule has 4 nitrogen and oxygen atoms in total. The zero-order valence-corrected chi connectivity index (χ0v) is 13.3. The van der Waals surface area contributed by atoms with Gasteiger partial charge in [-0.05, 0) is 31.9 Å². The van der Waals surface area contributed by atoms with Gasteiger partial charge in [0.2, 0.25) is 5.91 Å². The van der Waals surface area contributed by atoms with E-state index in [1.807, 2.05) is 26.0 Å². The molecule has 0 aromatic heterocycles. The second-order valence-electron chi connectivity index (χ2n) is 5.23. The largest absolute Gasteiger partial charge is 0.352 e. The van der Waals surface area contributed by atoms with Gasteiger partial charge in [0, 0.05) is 10.9 Å². The molecule has 1 N–H and O–H groups in total. The Labute approximate surface area is 124 Å². The van der Waals surface area contributed by atoms with E-state index in [0.717, 1.165) is 10.5 Å². The number of nitrogens with one attached hydrogen (secondary N) is 1. The van der Waals surface area contributed by atoms with Gasteiger partial charge in [-0.15, -0.1) is 11.8 Å². The fourth-order valence-corrected chi connectivity index (χ4v) is 4.79. The number of hydrogen-bond acceptors (Lipinski definition) is 4. The van der Waals surface area contributed by atoms with Crippen molar-refractivity contribution in [1.82, 2.24) is 5.32 Å². The summed E-state index contributed by atoms with van der Waals surface area (Å²) in [5.74, 6) is 0.480. The first-order valence-electron chi connectivity index (χ1n) is 6.55. The van der Waals surface area contributed by atoms with E-state index in [4.69, 9.17) is 0 Å². The molecule has 1 aromatic carbocycles. The highest BCUT2D eigenvalue weighted by Crippen LogP contribution is 2.23. The van der Waals surface area contributed by atoms with Crippen LogP contribution in [0.25, 0.3) is 0 Å². The predicted octanol–water partition coefficient (Wildman–Crippen LogP) is 1.70. The molecule has 0 saturated carbocycles. The van der Waals surface area contributed by atoms with Crippen molar-refractivity contribution in [2.75, 3.05) is 17.3 Å². The molecule has 20 heavy (non-hydrogen) atoms. The average molecular weight is 313 g/mol. The maximum Gasteiger partial charge on any atom is 0.230 e. The Balaban J connectivity index is 1.85. The fourth-order valence-electron chi connectivity index (χ4n) is 2.18. The Hall–Kier alpha value is -1.01. The van der Waals surface area contributed by atoms with Crippen molar-refractivity contribution < 1.29 is 13.2 Å². The minimum absolute atomic E-state index is 0.0763. The molecule has 0 bridgehead atoms. The second-order valence-corrected chi connectivity index (χ2v) is 8.47. The monoisotopic (exact) mass is 313 g/mol. The Morgan fingerprint density at radius 1 is 1.40 bits per heavy atom. The lowest BCUT2D eigenvalue weighted by Gasteiger charge is -2.11. The van der Waals surface area contributed by atoms with Gasteiger partial charge in [0.25, 0.3) is 0 Å². The van der Waals surface area contributed by atoms with Crippen molar-refractivity contribution in [2.24, 2.45) is 0 Å². The van der Waals surface area contributed by atoms with E-state index in [9.17, 15) is 13.2 Å². The van der Waals surface area contributed by atoms with Gasteiger partial charge in [-0.25, -0.2) is 8.42 Å². The number of carbonyl (C=O) groups excluding carboxylic acids is 1. The molecule has 0 unspecified atom stereocenters. The topological polar surface area (TPSA) is 63.2 Å². The molecule has 1 heterocycles. The van der Waals surface area contributed by atoms with Crippen LogP contribution in [0.15, 0.2) is 23.1 Å². The highest BCUT2D eigenvalue weighted by atomic mass is 32.2. The van der Waals surface area contributed by atoms with Gasteiger partial charge in [0.1, 0.15) is 0 Å². The van der Waals surface area contributed by atoms with E-state index in [1.165, 1.54) is 17.3 Å². The van der Waals surface area contributed by atoms with Crippen molar-refractivity contribution >= 4 is 27.5 Å². The number of benzene rings is 1. The van der Waals surface area contributed by atoms with Crippen molar-refractivity contribution in [2.45, 2.75) is 31.2 Å². The highest BCUT2D eigenvalue weighted by molar-refractivity contribution is 8.00. The van der Waals surface area contributed by atoms with E-state index >= 15 is 0 Å². The SMILES string of the molecule is Cc1ccc(C)c(SCC(=O)N[C@H]2CCS(=O)(=O)C2)c1. The van der Waals surface area contributed by atoms with Crippen LogP contribution in [0.1, 0.15) is 17.5 Å². The Bertz CT molecular complexity index is 611. The molecule has 110 valence electrons. The summed E-state index contributed by atoms with van der Waals surface area (Å²) in [5.41, 5.74) is 2.32. The van der Waals surface area contributed by atoms with Crippen LogP contribution in [0.4, 0.5) is 0 Å². The number of hydrogen-bond donors (Lipinski definition) is 1. The smallest absolute Gasteiger partial charge is 0.230 e. The first-order chi connectivity index (χ1) is 9.35. The molecule has 6 heteroatoms. The molecule has 1 saturated heterocycles. The fraction of sp³-hybridized carbons (Fsp3) is 0.500. The standard InChI is InChI=1S/C14H19NO3S2/c1-10-3-4-11(2)13(7-10)19-8-14(16)15-12-5-6-20(17,18)9-12/h3-4,7,12H,5-6,8-9H2,1-2H3,(H,15,16)/t12-/m0/s1. The van der Waals surface area contributed by atoms with Crippen LogP contribution in [-0.2, 0) is 14.6 Å². The molecule has 1 aliphatic rings. The van der Waals surface area contributed by atoms with Crippen LogP contribution >= 0.6 is 11.8 Å². The summed E-state index contributed by atoms with van der Waals surface area (Å²) in [4.78, 5) is 12.9. The third-order valence-corrected chi connectivity index (χ3v) is 6.23. The summed E-state index contributed by atoms with van der Waals surface area (Å²) in [5, 5.41) is 2.80. The van der Waals surface area contributed by atoms with Gasteiger partial charge in [-0.1, -0.05) is 17.7 Å². The van der Waals surface area contributed by atoms with Crippen molar-refractivity contribution in [3.8, 4) is 0 Å². The first kappa shape index (κ1) is 15.4. The van der Waals surface area contributed by atoms with E-state index in [1.54, 1.807) is 0 Å². The zero-order chi connectivity index (χ0) is 14.8. The van der Waals surface area contributed by atoms with Gasteiger partial charge in [-0.2, -0.15) is 0 Å². The molecule has 1 atom stereocenters. The third-order valence-electron chi connectivity index (χ3n) is 3.30. The second kappa shape index (κ2) is 6.18. The Morgan fingerprint density at radius 2 is 2.15 bits per heavy atom. The minimum Gasteiger partial charge on any atom is -0.352 e. The van der Waals surface area contributed by atoms with Crippen LogP contribution in [0, 0.1) is 13.8 Å². The van der Waals surface area contributed by atoms with Gasteiger partial charge >= 0.3 is 0 Å². The first-order valence-corrected chi connectivity index (χ1v) is 9.36. The van der Waals surface area contributed by atoms with Gasteiger partial charge in [0.05, 0.1) is 17.3 Å². The highest BCUT2D eigenvalue weighted by Gasteiger charge is 2.28. The van der Waals surface area contributed by atoms with E-state index in [2.05, 4.69) is 11.4 Å². The molecular formula is C14H19NO3S2. The van der Waals surface area contributed by atoms with Crippen LogP contribution < -0.4 is 5.32 Å². The van der Waals surface area contributed by atoms with E-state index in [-0.39, 0.29) is 23.5 Å². The molecule has 0 radical (unpaired) electrons. The summed E-state index contributed by atoms with van der Waals surface area (Å²) < 4.78 is 22.7. The number of carbonyl (C=O) groups is 1. The van der Waals surface area contributed by atoms with Crippen molar-refractivity contribution in [3.05, 3.63) is 29.3 Å². The lowest BCUT2D eigenvalue weighted by Crippen LogP contribution is -2.36. The molecule has 1 fully saturated rings. The van der Waals surface area contributed by atoms with Gasteiger partial charge in [0.15, 0.2) is 9.84 Å². The minimum atomic E-state index is -2.94. The lowest BCUT2D eigenvalue weighted by molar-refractivity contribution is -0.119. The number of thioether (sulfide) groups is 1. The predicted molar refractivity (Wildman–Crippen MR) is 81.8 cm³/mol. The maximum atomic E-state index is 11.9. The van der Waals surface area contributed by atoms with Crippen LogP contribution in [-0.4, -0.2) is 37.6 Å². The molecule has 0 spiro atoms. The number of amides is 1. The van der Waals surface area contributed by atoms with E-state index in [0.29, 0.717) is 12.2 Å². The number of aryl methyl sites for hydroxylation is 2. The van der Waals surface area contributed by atoms with Crippen LogP contribution in [0.5, 0.6) is 0 Å². The van der Waals surface area contributed by atoms with Gasteiger partial charge < -0.3 is 5.32 Å². The number of rotatable bonds is 4. The van der Waals surface area contributed by atoms with Crippen molar-refractivity contribution in [3.63, 3.8) is 0 Å². The zero-order valence-electron chi connectivity index (χ0n) is 11.7. The third kappa shape index (κ3) is 4.24. The molecule has 1 aliphatic heterocycles. The number of sulfone groups is 1. The normalized spacial score (nSPS) is 20.8. The summed E-state index contributed by atoms with van der Waals surface area (Å²) in [6.45, 7) is 4.04. The average Bonchev–Trinajstić information content (AvgIpc) is 2.70. The molecule has 0 aliphatic carbocycles. The molecule has 2 rings (SSSR count). The van der Waals surface area contributed by atoms with Gasteiger partial charge in [-0.3, -0.25) is 4.79 Å². The summed E-state index contributed by atoms with van der Waals surface area (Å²) in [7, 11) is -2.94. The van der Waals surface area contributed by atoms with Crippen LogP contribution in [0.2, 0.25) is 0 Å². The Morgan fingerprint density at radius 3 is 2.80 bits per heavy atom. The molecule has 1 aromatic rings. The summed E-state index contributed by atoms with van der Waals surface area (Å²) in [6.07, 6.45) is 0.530. The quantitative estimate of drug-likeness (QED) is 0.859. The lowest BCUT2D eigenvalue weighted by atomic mass is 10.2. The Kier molecular flexibility index (Phi) is 4.75. The van der Waals surface area contributed by atoms with E-state index < -0.39 is 9.84 Å². The molecule has 1 amide bonds. The summed E-state index contributed by atoms with van der Waals surface area (Å²) >= 11 is 1.49. The summed E-state index contributed by atoms with van der Waals surface area (Å²) in [6, 6.07) is 5.93.